The molecule has 1 aliphatic carbocycles. The number of non-ortho nitro benzene ring substituents is 1. The van der Waals surface area contributed by atoms with Gasteiger partial charge in [0, 0.05) is 30.6 Å². The van der Waals surface area contributed by atoms with Gasteiger partial charge in [-0.1, -0.05) is 0 Å². The fourth-order valence-electron chi connectivity index (χ4n) is 2.98. The van der Waals surface area contributed by atoms with Crippen molar-refractivity contribution >= 4 is 15.7 Å². The van der Waals surface area contributed by atoms with E-state index in [0.717, 1.165) is 12.1 Å². The van der Waals surface area contributed by atoms with Crippen LogP contribution in [-0.4, -0.2) is 35.5 Å². The Kier molecular flexibility index (Phi) is 5.81. The van der Waals surface area contributed by atoms with Crippen LogP contribution in [0, 0.1) is 21.4 Å². The van der Waals surface area contributed by atoms with Gasteiger partial charge in [-0.25, -0.2) is 23.1 Å². The predicted octanol–water partition coefficient (Wildman–Crippen LogP) is 1.92. The molecule has 0 amide bonds. The number of rotatable bonds is 6. The van der Waals surface area contributed by atoms with E-state index in [0.29, 0.717) is 25.7 Å². The summed E-state index contributed by atoms with van der Waals surface area (Å²) in [5, 5.41) is 19.7. The monoisotopic (exact) mass is 403 g/mol. The Morgan fingerprint density at radius 2 is 1.79 bits per heavy atom. The van der Waals surface area contributed by atoms with Gasteiger partial charge in [-0.05, 0) is 37.8 Å². The second-order valence-corrected chi connectivity index (χ2v) is 8.00. The van der Waals surface area contributed by atoms with E-state index in [9.17, 15) is 18.5 Å². The highest BCUT2D eigenvalue weighted by Crippen LogP contribution is 2.25. The number of ether oxygens (including phenoxy) is 1. The van der Waals surface area contributed by atoms with Gasteiger partial charge in [-0.3, -0.25) is 10.1 Å². The standard InChI is InChI=1S/C17H17N5O5S/c18-11-16-17(20-10-9-19-16)27-14-5-1-12(2-6-14)21-28(25,26)15-7-3-13(4-8-15)22(23)24/h3-4,7-10,12,14,21H,1-2,5-6H2. The number of sulfonamides is 1. The summed E-state index contributed by atoms with van der Waals surface area (Å²) < 4.78 is 33.3. The molecule has 0 spiro atoms. The van der Waals surface area contributed by atoms with E-state index < -0.39 is 14.9 Å². The van der Waals surface area contributed by atoms with E-state index in [4.69, 9.17) is 10.00 Å². The highest BCUT2D eigenvalue weighted by Gasteiger charge is 2.27. The fraction of sp³-hybridized carbons (Fsp3) is 0.353. The van der Waals surface area contributed by atoms with Crippen LogP contribution >= 0.6 is 0 Å². The minimum Gasteiger partial charge on any atom is -0.472 e. The second-order valence-electron chi connectivity index (χ2n) is 6.29. The number of nitro groups is 1. The van der Waals surface area contributed by atoms with E-state index >= 15 is 0 Å². The summed E-state index contributed by atoms with van der Waals surface area (Å²) in [6, 6.07) is 6.40. The van der Waals surface area contributed by atoms with Gasteiger partial charge in [0.2, 0.25) is 15.7 Å². The van der Waals surface area contributed by atoms with Gasteiger partial charge in [0.15, 0.2) is 0 Å². The number of nitrogens with one attached hydrogen (secondary N) is 1. The van der Waals surface area contributed by atoms with Crippen LogP contribution in [0.15, 0.2) is 41.6 Å². The van der Waals surface area contributed by atoms with Crippen molar-refractivity contribution in [3.05, 3.63) is 52.5 Å². The minimum atomic E-state index is -3.77. The molecule has 1 heterocycles. The molecule has 1 N–H and O–H groups in total. The molecule has 0 saturated heterocycles. The molecule has 1 aromatic heterocycles. The highest BCUT2D eigenvalue weighted by atomic mass is 32.2. The molecule has 11 heteroatoms. The van der Waals surface area contributed by atoms with Crippen LogP contribution in [0.5, 0.6) is 5.88 Å². The molecule has 1 saturated carbocycles. The Morgan fingerprint density at radius 1 is 1.14 bits per heavy atom. The van der Waals surface area contributed by atoms with Gasteiger partial charge in [-0.15, -0.1) is 0 Å². The lowest BCUT2D eigenvalue weighted by molar-refractivity contribution is -0.384. The van der Waals surface area contributed by atoms with Crippen LogP contribution in [0.25, 0.3) is 0 Å². The number of hydrogen-bond acceptors (Lipinski definition) is 8. The lowest BCUT2D eigenvalue weighted by atomic mass is 9.94. The first-order valence-electron chi connectivity index (χ1n) is 8.53. The average Bonchev–Trinajstić information content (AvgIpc) is 2.70. The Bertz CT molecular complexity index is 995. The molecule has 3 rings (SSSR count). The maximum absolute atomic E-state index is 12.5. The van der Waals surface area contributed by atoms with Crippen molar-refractivity contribution in [2.45, 2.75) is 42.7 Å². The highest BCUT2D eigenvalue weighted by molar-refractivity contribution is 7.89. The molecule has 1 aliphatic rings. The van der Waals surface area contributed by atoms with Crippen LogP contribution in [0.3, 0.4) is 0 Å². The van der Waals surface area contributed by atoms with Crippen molar-refractivity contribution < 1.29 is 18.1 Å². The van der Waals surface area contributed by atoms with Crippen molar-refractivity contribution in [1.82, 2.24) is 14.7 Å². The normalized spacial score (nSPS) is 19.5. The molecule has 10 nitrogen and oxygen atoms in total. The summed E-state index contributed by atoms with van der Waals surface area (Å²) in [6.45, 7) is 0. The van der Waals surface area contributed by atoms with Crippen LogP contribution in [-0.2, 0) is 10.0 Å². The molecule has 1 aromatic carbocycles. The number of aromatic nitrogens is 2. The molecule has 1 fully saturated rings. The zero-order chi connectivity index (χ0) is 20.1. The molecule has 146 valence electrons. The summed E-state index contributed by atoms with van der Waals surface area (Å²) >= 11 is 0. The summed E-state index contributed by atoms with van der Waals surface area (Å²) in [5.74, 6) is 0.180. The van der Waals surface area contributed by atoms with E-state index in [1.807, 2.05) is 6.07 Å². The maximum Gasteiger partial charge on any atom is 0.269 e. The first-order valence-corrected chi connectivity index (χ1v) is 10.0. The Labute approximate surface area is 161 Å². The first-order chi connectivity index (χ1) is 13.4. The molecule has 0 radical (unpaired) electrons. The molecule has 0 aliphatic heterocycles. The van der Waals surface area contributed by atoms with Crippen molar-refractivity contribution in [2.75, 3.05) is 0 Å². The zero-order valence-electron chi connectivity index (χ0n) is 14.7. The third-order valence-electron chi connectivity index (χ3n) is 4.40. The Morgan fingerprint density at radius 3 is 2.39 bits per heavy atom. The molecule has 28 heavy (non-hydrogen) atoms. The predicted molar refractivity (Wildman–Crippen MR) is 96.8 cm³/mol. The maximum atomic E-state index is 12.5. The molecule has 0 atom stereocenters. The van der Waals surface area contributed by atoms with Crippen molar-refractivity contribution in [3.63, 3.8) is 0 Å². The van der Waals surface area contributed by atoms with Crippen LogP contribution < -0.4 is 9.46 Å². The second kappa shape index (κ2) is 8.28. The van der Waals surface area contributed by atoms with Crippen LogP contribution in [0.4, 0.5) is 5.69 Å². The lowest BCUT2D eigenvalue weighted by Crippen LogP contribution is -2.39. The molecule has 0 unspecified atom stereocenters. The van der Waals surface area contributed by atoms with Gasteiger partial charge >= 0.3 is 0 Å². The molecular formula is C17H17N5O5S. The number of nitrogens with zero attached hydrogens (tertiary/aromatic N) is 4. The smallest absolute Gasteiger partial charge is 0.269 e. The van der Waals surface area contributed by atoms with Crippen LogP contribution in [0.1, 0.15) is 31.4 Å². The van der Waals surface area contributed by atoms with E-state index in [-0.39, 0.29) is 34.3 Å². The average molecular weight is 403 g/mol. The molecule has 2 aromatic rings. The number of nitriles is 1. The van der Waals surface area contributed by atoms with E-state index in [1.54, 1.807) is 0 Å². The van der Waals surface area contributed by atoms with Gasteiger partial charge in [0.1, 0.15) is 12.2 Å². The zero-order valence-corrected chi connectivity index (χ0v) is 15.5. The van der Waals surface area contributed by atoms with Gasteiger partial charge in [0.05, 0.1) is 9.82 Å². The lowest BCUT2D eigenvalue weighted by Gasteiger charge is -2.29. The number of hydrogen-bond donors (Lipinski definition) is 1. The van der Waals surface area contributed by atoms with Gasteiger partial charge in [0.25, 0.3) is 11.6 Å². The largest absolute Gasteiger partial charge is 0.472 e. The molecule has 0 bridgehead atoms. The minimum absolute atomic E-state index is 0.0188. The third kappa shape index (κ3) is 4.59. The van der Waals surface area contributed by atoms with Gasteiger partial charge in [-0.2, -0.15) is 5.26 Å². The Balaban J connectivity index is 1.57. The fourth-order valence-corrected chi connectivity index (χ4v) is 4.28. The summed E-state index contributed by atoms with van der Waals surface area (Å²) in [4.78, 5) is 18.0. The molecular weight excluding hydrogens is 386 g/mol. The van der Waals surface area contributed by atoms with Gasteiger partial charge < -0.3 is 4.74 Å². The number of nitro benzene ring substituents is 1. The summed E-state index contributed by atoms with van der Waals surface area (Å²) in [6.07, 6.45) is 4.97. The topological polar surface area (TPSA) is 148 Å². The van der Waals surface area contributed by atoms with Crippen molar-refractivity contribution in [3.8, 4) is 11.9 Å². The van der Waals surface area contributed by atoms with Crippen molar-refractivity contribution in [2.24, 2.45) is 0 Å². The number of benzene rings is 1. The Hall–Kier alpha value is -3.10. The van der Waals surface area contributed by atoms with Crippen LogP contribution in [0.2, 0.25) is 0 Å². The quantitative estimate of drug-likeness (QED) is 0.568. The first kappa shape index (κ1) is 19.7. The van der Waals surface area contributed by atoms with E-state index in [2.05, 4.69) is 14.7 Å². The summed E-state index contributed by atoms with van der Waals surface area (Å²) in [5.41, 5.74) is -0.0548. The van der Waals surface area contributed by atoms with E-state index in [1.165, 1.54) is 24.5 Å². The SMILES string of the molecule is N#Cc1nccnc1OC1CCC(NS(=O)(=O)c2ccc([N+](=O)[O-])cc2)CC1. The summed E-state index contributed by atoms with van der Waals surface area (Å²) in [7, 11) is -3.77. The third-order valence-corrected chi connectivity index (χ3v) is 5.94. The van der Waals surface area contributed by atoms with Crippen molar-refractivity contribution in [1.29, 1.82) is 5.26 Å².